The van der Waals surface area contributed by atoms with Crippen LogP contribution in [0.5, 0.6) is 0 Å². The molecule has 0 amide bonds. The summed E-state index contributed by atoms with van der Waals surface area (Å²) in [7, 11) is 0. The molecule has 10 atom stereocenters. The van der Waals surface area contributed by atoms with E-state index in [9.17, 15) is 4.91 Å². The van der Waals surface area contributed by atoms with Gasteiger partial charge in [-0.15, -0.1) is 0 Å². The van der Waals surface area contributed by atoms with Gasteiger partial charge in [-0.05, 0) is 122 Å². The Morgan fingerprint density at radius 1 is 0.889 bits per heavy atom. The van der Waals surface area contributed by atoms with E-state index in [1.165, 1.54) is 51.4 Å². The Balaban J connectivity index is 1.41. The summed E-state index contributed by atoms with van der Waals surface area (Å²) in [5, 5.41) is 3.45. The number of fused-ring (bicyclic) bond motifs is 5. The highest BCUT2D eigenvalue weighted by atomic mass is 16.3. The van der Waals surface area contributed by atoms with Crippen LogP contribution >= 0.6 is 0 Å². The smallest absolute Gasteiger partial charge is 0.0922 e. The van der Waals surface area contributed by atoms with Gasteiger partial charge >= 0.3 is 0 Å². The zero-order chi connectivity index (χ0) is 19.0. The Morgan fingerprint density at radius 3 is 2.33 bits per heavy atom. The van der Waals surface area contributed by atoms with Crippen LogP contribution in [0.1, 0.15) is 91.9 Å². The van der Waals surface area contributed by atoms with Crippen molar-refractivity contribution in [2.24, 2.45) is 63.4 Å². The fourth-order valence-electron chi connectivity index (χ4n) is 9.77. The zero-order valence-electron chi connectivity index (χ0n) is 18.1. The molecule has 152 valence electrons. The SMILES string of the molecule is CC1CC2C3CCC4CC(N=O)CCC4(C)C3CCC2(C)C1C(C)C1CC1. The molecule has 5 aliphatic carbocycles. The number of nitrogens with zero attached hydrogens (tertiary/aromatic N) is 1. The van der Waals surface area contributed by atoms with E-state index in [-0.39, 0.29) is 6.04 Å². The maximum absolute atomic E-state index is 11.2. The van der Waals surface area contributed by atoms with E-state index in [0.29, 0.717) is 10.8 Å². The minimum absolute atomic E-state index is 0.115. The van der Waals surface area contributed by atoms with Gasteiger partial charge in [-0.2, -0.15) is 4.91 Å². The topological polar surface area (TPSA) is 29.4 Å². The van der Waals surface area contributed by atoms with Crippen LogP contribution in [0.15, 0.2) is 5.18 Å². The quantitative estimate of drug-likeness (QED) is 0.488. The van der Waals surface area contributed by atoms with Crippen LogP contribution in [0.3, 0.4) is 0 Å². The van der Waals surface area contributed by atoms with Gasteiger partial charge in [0, 0.05) is 0 Å². The molecule has 0 aliphatic heterocycles. The van der Waals surface area contributed by atoms with Crippen molar-refractivity contribution in [1.82, 2.24) is 0 Å². The Kier molecular flexibility index (Phi) is 4.34. The molecule has 0 aromatic heterocycles. The van der Waals surface area contributed by atoms with E-state index in [1.807, 2.05) is 0 Å². The number of hydrogen-bond acceptors (Lipinski definition) is 2. The molecule has 0 aromatic carbocycles. The first-order valence-corrected chi connectivity index (χ1v) is 12.2. The van der Waals surface area contributed by atoms with Crippen LogP contribution < -0.4 is 0 Å². The lowest BCUT2D eigenvalue weighted by Gasteiger charge is -2.61. The molecular weight excluding hydrogens is 330 g/mol. The summed E-state index contributed by atoms with van der Waals surface area (Å²) in [5.41, 5.74) is 1.10. The van der Waals surface area contributed by atoms with Crippen LogP contribution in [-0.4, -0.2) is 6.04 Å². The summed E-state index contributed by atoms with van der Waals surface area (Å²) in [6.45, 7) is 10.5. The molecule has 2 nitrogen and oxygen atoms in total. The summed E-state index contributed by atoms with van der Waals surface area (Å²) in [6.07, 6.45) is 13.7. The molecule has 5 aliphatic rings. The van der Waals surface area contributed by atoms with Gasteiger partial charge in [-0.25, -0.2) is 0 Å². The summed E-state index contributed by atoms with van der Waals surface area (Å²) in [4.78, 5) is 11.2. The second-order valence-electron chi connectivity index (χ2n) is 12.2. The molecule has 5 rings (SSSR count). The van der Waals surface area contributed by atoms with Crippen molar-refractivity contribution in [1.29, 1.82) is 0 Å². The molecule has 2 heteroatoms. The molecule has 0 N–H and O–H groups in total. The maximum atomic E-state index is 11.2. The van der Waals surface area contributed by atoms with E-state index in [2.05, 4.69) is 32.9 Å². The second kappa shape index (κ2) is 6.30. The van der Waals surface area contributed by atoms with E-state index in [0.717, 1.165) is 60.2 Å². The highest BCUT2D eigenvalue weighted by Crippen LogP contribution is 2.70. The minimum atomic E-state index is 0.115. The maximum Gasteiger partial charge on any atom is 0.0922 e. The number of nitroso groups, excluding NO2 is 1. The molecule has 0 spiro atoms. The van der Waals surface area contributed by atoms with Gasteiger partial charge in [0.15, 0.2) is 0 Å². The Labute approximate surface area is 166 Å². The van der Waals surface area contributed by atoms with E-state index < -0.39 is 0 Å². The third-order valence-corrected chi connectivity index (χ3v) is 11.2. The van der Waals surface area contributed by atoms with Gasteiger partial charge in [0.05, 0.1) is 6.04 Å². The van der Waals surface area contributed by atoms with Crippen LogP contribution in [0.4, 0.5) is 0 Å². The predicted octanol–water partition coefficient (Wildman–Crippen LogP) is 7.07. The summed E-state index contributed by atoms with van der Waals surface area (Å²) < 4.78 is 0. The van der Waals surface area contributed by atoms with E-state index >= 15 is 0 Å². The molecule has 27 heavy (non-hydrogen) atoms. The lowest BCUT2D eigenvalue weighted by Crippen LogP contribution is -2.54. The molecule has 5 saturated carbocycles. The molecule has 0 aromatic rings. The van der Waals surface area contributed by atoms with Gasteiger partial charge in [0.25, 0.3) is 0 Å². The van der Waals surface area contributed by atoms with Gasteiger partial charge in [0.2, 0.25) is 0 Å². The Bertz CT molecular complexity index is 599. The monoisotopic (exact) mass is 371 g/mol. The van der Waals surface area contributed by atoms with Crippen LogP contribution in [0.2, 0.25) is 0 Å². The molecule has 0 bridgehead atoms. The van der Waals surface area contributed by atoms with Crippen molar-refractivity contribution in [3.8, 4) is 0 Å². The standard InChI is InChI=1S/C25H41NO/c1-15-13-22-20-8-7-18-14-19(26-27)9-11-24(18,3)21(20)10-12-25(22,4)23(15)16(2)17-5-6-17/h15-23H,5-14H2,1-4H3. The highest BCUT2D eigenvalue weighted by Gasteiger charge is 2.62. The van der Waals surface area contributed by atoms with Gasteiger partial charge in [0.1, 0.15) is 0 Å². The van der Waals surface area contributed by atoms with Crippen LogP contribution in [0.25, 0.3) is 0 Å². The van der Waals surface area contributed by atoms with Gasteiger partial charge in [-0.1, -0.05) is 32.9 Å². The van der Waals surface area contributed by atoms with Crippen molar-refractivity contribution in [3.05, 3.63) is 4.91 Å². The Hall–Kier alpha value is -0.400. The zero-order valence-corrected chi connectivity index (χ0v) is 18.1. The average Bonchev–Trinajstić information content (AvgIpc) is 3.44. The first-order chi connectivity index (χ1) is 12.9. The highest BCUT2D eigenvalue weighted by molar-refractivity contribution is 5.12. The largest absolute Gasteiger partial charge is 0.151 e. The van der Waals surface area contributed by atoms with Crippen molar-refractivity contribution in [2.75, 3.05) is 0 Å². The predicted molar refractivity (Wildman–Crippen MR) is 111 cm³/mol. The summed E-state index contributed by atoms with van der Waals surface area (Å²) in [6, 6.07) is 0.115. The normalized spacial score (nSPS) is 55.9. The molecule has 0 radical (unpaired) electrons. The van der Waals surface area contributed by atoms with Gasteiger partial charge < -0.3 is 0 Å². The molecular formula is C25H41NO. The van der Waals surface area contributed by atoms with Crippen LogP contribution in [-0.2, 0) is 0 Å². The van der Waals surface area contributed by atoms with Crippen molar-refractivity contribution >= 4 is 0 Å². The Morgan fingerprint density at radius 2 is 1.63 bits per heavy atom. The second-order valence-corrected chi connectivity index (χ2v) is 12.2. The van der Waals surface area contributed by atoms with Crippen molar-refractivity contribution in [2.45, 2.75) is 97.9 Å². The molecule has 0 saturated heterocycles. The van der Waals surface area contributed by atoms with E-state index in [4.69, 9.17) is 0 Å². The molecule has 10 unspecified atom stereocenters. The van der Waals surface area contributed by atoms with Gasteiger partial charge in [-0.3, -0.25) is 0 Å². The first-order valence-electron chi connectivity index (χ1n) is 12.2. The van der Waals surface area contributed by atoms with Crippen molar-refractivity contribution in [3.63, 3.8) is 0 Å². The average molecular weight is 372 g/mol. The van der Waals surface area contributed by atoms with E-state index in [1.54, 1.807) is 0 Å². The number of rotatable bonds is 3. The summed E-state index contributed by atoms with van der Waals surface area (Å²) >= 11 is 0. The third kappa shape index (κ3) is 2.63. The minimum Gasteiger partial charge on any atom is -0.151 e. The van der Waals surface area contributed by atoms with Crippen molar-refractivity contribution < 1.29 is 0 Å². The third-order valence-electron chi connectivity index (χ3n) is 11.2. The molecule has 0 heterocycles. The number of hydrogen-bond donors (Lipinski definition) is 0. The fraction of sp³-hybridized carbons (Fsp3) is 1.00. The summed E-state index contributed by atoms with van der Waals surface area (Å²) in [5.74, 6) is 7.51. The first kappa shape index (κ1) is 18.6. The fourth-order valence-corrected chi connectivity index (χ4v) is 9.77. The molecule has 5 fully saturated rings. The lowest BCUT2D eigenvalue weighted by molar-refractivity contribution is -0.117. The van der Waals surface area contributed by atoms with Crippen LogP contribution in [0, 0.1) is 63.1 Å². The lowest BCUT2D eigenvalue weighted by atomic mass is 9.44.